The van der Waals surface area contributed by atoms with Crippen molar-refractivity contribution in [3.63, 3.8) is 0 Å². The first-order valence-corrected chi connectivity index (χ1v) is 7.05. The minimum Gasteiger partial charge on any atom is -0.370 e. The van der Waals surface area contributed by atoms with E-state index in [-0.39, 0.29) is 0 Å². The molecule has 0 spiro atoms. The van der Waals surface area contributed by atoms with Gasteiger partial charge in [-0.2, -0.15) is 0 Å². The first-order valence-electron chi connectivity index (χ1n) is 7.05. The number of nitrogens with zero attached hydrogens (tertiary/aromatic N) is 2. The highest BCUT2D eigenvalue weighted by Crippen LogP contribution is 2.29. The Kier molecular flexibility index (Phi) is 4.39. The number of hydrogen-bond acceptors (Lipinski definition) is 4. The van der Waals surface area contributed by atoms with Gasteiger partial charge < -0.3 is 10.6 Å². The third kappa shape index (κ3) is 3.86. The lowest BCUT2D eigenvalue weighted by Gasteiger charge is -2.12. The SMILES string of the molecule is CCCNc1cc(NCC2CC2)nc(C(C)C)n1. The van der Waals surface area contributed by atoms with Gasteiger partial charge >= 0.3 is 0 Å². The van der Waals surface area contributed by atoms with E-state index in [1.807, 2.05) is 6.07 Å². The van der Waals surface area contributed by atoms with Gasteiger partial charge in [0.2, 0.25) is 0 Å². The molecule has 1 aromatic heterocycles. The molecule has 1 saturated carbocycles. The minimum absolute atomic E-state index is 0.356. The molecule has 4 heteroatoms. The maximum atomic E-state index is 4.58. The Morgan fingerprint density at radius 3 is 2.44 bits per heavy atom. The van der Waals surface area contributed by atoms with E-state index in [9.17, 15) is 0 Å². The van der Waals surface area contributed by atoms with Crippen LogP contribution in [-0.2, 0) is 0 Å². The van der Waals surface area contributed by atoms with Crippen LogP contribution in [-0.4, -0.2) is 23.1 Å². The van der Waals surface area contributed by atoms with Gasteiger partial charge in [-0.25, -0.2) is 9.97 Å². The molecule has 1 fully saturated rings. The van der Waals surface area contributed by atoms with Gasteiger partial charge in [-0.15, -0.1) is 0 Å². The molecule has 100 valence electrons. The van der Waals surface area contributed by atoms with Crippen LogP contribution in [0.2, 0.25) is 0 Å². The summed E-state index contributed by atoms with van der Waals surface area (Å²) in [6, 6.07) is 2.02. The van der Waals surface area contributed by atoms with Crippen LogP contribution in [0, 0.1) is 5.92 Å². The lowest BCUT2D eigenvalue weighted by atomic mass is 10.2. The molecule has 1 aliphatic rings. The van der Waals surface area contributed by atoms with Gasteiger partial charge in [-0.05, 0) is 25.2 Å². The van der Waals surface area contributed by atoms with E-state index in [2.05, 4.69) is 41.4 Å². The van der Waals surface area contributed by atoms with Gasteiger partial charge in [-0.3, -0.25) is 0 Å². The Bertz CT molecular complexity index is 385. The molecule has 2 rings (SSSR count). The first kappa shape index (κ1) is 13.1. The van der Waals surface area contributed by atoms with Gasteiger partial charge in [0.15, 0.2) is 0 Å². The minimum atomic E-state index is 0.356. The van der Waals surface area contributed by atoms with E-state index in [1.165, 1.54) is 12.8 Å². The highest BCUT2D eigenvalue weighted by atomic mass is 15.1. The third-order valence-electron chi connectivity index (χ3n) is 3.08. The van der Waals surface area contributed by atoms with Crippen molar-refractivity contribution in [1.82, 2.24) is 9.97 Å². The summed E-state index contributed by atoms with van der Waals surface area (Å²) in [6.07, 6.45) is 3.82. The van der Waals surface area contributed by atoms with Crippen molar-refractivity contribution in [2.45, 2.75) is 46.0 Å². The summed E-state index contributed by atoms with van der Waals surface area (Å²) in [5, 5.41) is 6.77. The summed E-state index contributed by atoms with van der Waals surface area (Å²) >= 11 is 0. The summed E-state index contributed by atoms with van der Waals surface area (Å²) in [5.41, 5.74) is 0. The Balaban J connectivity index is 2.07. The van der Waals surface area contributed by atoms with Crippen LogP contribution in [0.5, 0.6) is 0 Å². The fourth-order valence-electron chi connectivity index (χ4n) is 1.73. The summed E-state index contributed by atoms with van der Waals surface area (Å²) < 4.78 is 0. The Morgan fingerprint density at radius 1 is 1.22 bits per heavy atom. The molecule has 0 radical (unpaired) electrons. The Labute approximate surface area is 110 Å². The van der Waals surface area contributed by atoms with Gasteiger partial charge in [0.25, 0.3) is 0 Å². The standard InChI is InChI=1S/C14H24N4/c1-4-7-15-12-8-13(16-9-11-5-6-11)18-14(17-12)10(2)3/h8,10-11H,4-7,9H2,1-3H3,(H2,15,16,17,18). The smallest absolute Gasteiger partial charge is 0.135 e. The molecule has 0 aliphatic heterocycles. The first-order chi connectivity index (χ1) is 8.69. The maximum absolute atomic E-state index is 4.58. The second-order valence-corrected chi connectivity index (χ2v) is 5.40. The largest absolute Gasteiger partial charge is 0.370 e. The quantitative estimate of drug-likeness (QED) is 0.777. The van der Waals surface area contributed by atoms with Gasteiger partial charge in [0.05, 0.1) is 0 Å². The lowest BCUT2D eigenvalue weighted by molar-refractivity contribution is 0.771. The van der Waals surface area contributed by atoms with E-state index in [1.54, 1.807) is 0 Å². The van der Waals surface area contributed by atoms with Crippen LogP contribution in [0.15, 0.2) is 6.07 Å². The molecule has 0 saturated heterocycles. The number of hydrogen-bond donors (Lipinski definition) is 2. The van der Waals surface area contributed by atoms with Crippen LogP contribution >= 0.6 is 0 Å². The fourth-order valence-corrected chi connectivity index (χ4v) is 1.73. The van der Waals surface area contributed by atoms with Gasteiger partial charge in [-0.1, -0.05) is 20.8 Å². The van der Waals surface area contributed by atoms with Crippen molar-refractivity contribution in [2.24, 2.45) is 5.92 Å². The monoisotopic (exact) mass is 248 g/mol. The summed E-state index contributed by atoms with van der Waals surface area (Å²) in [7, 11) is 0. The highest BCUT2D eigenvalue weighted by Gasteiger charge is 2.21. The molecule has 2 N–H and O–H groups in total. The van der Waals surface area contributed by atoms with E-state index in [4.69, 9.17) is 0 Å². The van der Waals surface area contributed by atoms with E-state index >= 15 is 0 Å². The van der Waals surface area contributed by atoms with Crippen LogP contribution in [0.25, 0.3) is 0 Å². The van der Waals surface area contributed by atoms with Gasteiger partial charge in [0.1, 0.15) is 17.5 Å². The van der Waals surface area contributed by atoms with Crippen molar-refractivity contribution in [2.75, 3.05) is 23.7 Å². The van der Waals surface area contributed by atoms with Crippen molar-refractivity contribution in [1.29, 1.82) is 0 Å². The average Bonchev–Trinajstić information content (AvgIpc) is 3.17. The second kappa shape index (κ2) is 6.03. The van der Waals surface area contributed by atoms with Crippen molar-refractivity contribution >= 4 is 11.6 Å². The number of anilines is 2. The zero-order chi connectivity index (χ0) is 13.0. The highest BCUT2D eigenvalue weighted by molar-refractivity contribution is 5.48. The van der Waals surface area contributed by atoms with Crippen LogP contribution in [0.1, 0.15) is 51.8 Å². The number of aromatic nitrogens is 2. The molecular weight excluding hydrogens is 224 g/mol. The Morgan fingerprint density at radius 2 is 1.89 bits per heavy atom. The molecule has 0 unspecified atom stereocenters. The molecule has 0 atom stereocenters. The van der Waals surface area contributed by atoms with Crippen LogP contribution in [0.4, 0.5) is 11.6 Å². The summed E-state index contributed by atoms with van der Waals surface area (Å²) in [6.45, 7) is 8.41. The predicted octanol–water partition coefficient (Wildman–Crippen LogP) is 3.24. The van der Waals surface area contributed by atoms with E-state index in [0.29, 0.717) is 5.92 Å². The zero-order valence-electron chi connectivity index (χ0n) is 11.7. The zero-order valence-corrected chi connectivity index (χ0v) is 11.7. The number of nitrogens with one attached hydrogen (secondary N) is 2. The summed E-state index contributed by atoms with van der Waals surface area (Å²) in [5.74, 6) is 4.02. The molecule has 18 heavy (non-hydrogen) atoms. The summed E-state index contributed by atoms with van der Waals surface area (Å²) in [4.78, 5) is 9.13. The van der Waals surface area contributed by atoms with Gasteiger partial charge in [0, 0.05) is 25.1 Å². The fraction of sp³-hybridized carbons (Fsp3) is 0.714. The predicted molar refractivity (Wildman–Crippen MR) is 76.1 cm³/mol. The molecular formula is C14H24N4. The van der Waals surface area contributed by atoms with Crippen molar-refractivity contribution in [3.05, 3.63) is 11.9 Å². The molecule has 1 aromatic rings. The van der Waals surface area contributed by atoms with Crippen LogP contribution in [0.3, 0.4) is 0 Å². The third-order valence-corrected chi connectivity index (χ3v) is 3.08. The Hall–Kier alpha value is -1.32. The molecule has 1 heterocycles. The lowest BCUT2D eigenvalue weighted by Crippen LogP contribution is -2.11. The molecule has 0 amide bonds. The topological polar surface area (TPSA) is 49.8 Å². The van der Waals surface area contributed by atoms with Crippen LogP contribution < -0.4 is 10.6 Å². The average molecular weight is 248 g/mol. The number of rotatable bonds is 7. The molecule has 0 aromatic carbocycles. The molecule has 0 bridgehead atoms. The second-order valence-electron chi connectivity index (χ2n) is 5.40. The molecule has 4 nitrogen and oxygen atoms in total. The van der Waals surface area contributed by atoms with Crippen molar-refractivity contribution in [3.8, 4) is 0 Å². The maximum Gasteiger partial charge on any atom is 0.135 e. The molecule has 1 aliphatic carbocycles. The van der Waals surface area contributed by atoms with E-state index in [0.717, 1.165) is 42.9 Å². The van der Waals surface area contributed by atoms with Crippen molar-refractivity contribution < 1.29 is 0 Å². The van der Waals surface area contributed by atoms with E-state index < -0.39 is 0 Å². The normalized spacial score (nSPS) is 14.9.